The third kappa shape index (κ3) is 4.73. The van der Waals surface area contributed by atoms with Crippen LogP contribution in [0, 0.1) is 0 Å². The molecule has 3 nitrogen and oxygen atoms in total. The molecule has 5 heteroatoms. The van der Waals surface area contributed by atoms with Crippen LogP contribution in [0.2, 0.25) is 0 Å². The highest BCUT2D eigenvalue weighted by Crippen LogP contribution is 2.33. The number of amides is 1. The maximum atomic E-state index is 12.6. The van der Waals surface area contributed by atoms with E-state index in [4.69, 9.17) is 0 Å². The van der Waals surface area contributed by atoms with Crippen molar-refractivity contribution in [1.29, 1.82) is 0 Å². The highest BCUT2D eigenvalue weighted by atomic mass is 79.9. The van der Waals surface area contributed by atoms with E-state index in [0.29, 0.717) is 6.04 Å². The molecule has 1 fully saturated rings. The Labute approximate surface area is 139 Å². The van der Waals surface area contributed by atoms with E-state index in [1.807, 2.05) is 38.1 Å². The molecule has 2 rings (SSSR count). The average Bonchev–Trinajstić information content (AvgIpc) is 2.43. The first kappa shape index (κ1) is 16.8. The van der Waals surface area contributed by atoms with Crippen LogP contribution >= 0.6 is 27.7 Å². The molecule has 0 saturated carbocycles. The van der Waals surface area contributed by atoms with Gasteiger partial charge in [0.2, 0.25) is 5.91 Å². The third-order valence-electron chi connectivity index (χ3n) is 3.81. The van der Waals surface area contributed by atoms with Crippen LogP contribution < -0.4 is 10.6 Å². The maximum absolute atomic E-state index is 12.6. The number of nitrogens with one attached hydrogen (secondary N) is 2. The minimum atomic E-state index is -0.481. The molecule has 1 aromatic rings. The Balaban J connectivity index is 1.97. The topological polar surface area (TPSA) is 41.1 Å². The molecule has 0 radical (unpaired) electrons. The van der Waals surface area contributed by atoms with Crippen molar-refractivity contribution in [2.45, 2.75) is 55.3 Å². The predicted molar refractivity (Wildman–Crippen MR) is 92.7 cm³/mol. The second-order valence-corrected chi connectivity index (χ2v) is 8.64. The molecule has 2 atom stereocenters. The second kappa shape index (κ2) is 7.16. The molecule has 2 N–H and O–H groups in total. The number of hydrogen-bond acceptors (Lipinski definition) is 3. The first-order valence-electron chi connectivity index (χ1n) is 7.37. The van der Waals surface area contributed by atoms with Crippen molar-refractivity contribution < 1.29 is 4.79 Å². The average molecular weight is 371 g/mol. The van der Waals surface area contributed by atoms with Crippen molar-refractivity contribution in [2.75, 3.05) is 6.54 Å². The van der Waals surface area contributed by atoms with E-state index in [0.717, 1.165) is 28.8 Å². The molecule has 0 aliphatic carbocycles. The van der Waals surface area contributed by atoms with Crippen LogP contribution in [-0.4, -0.2) is 29.3 Å². The fourth-order valence-corrected chi connectivity index (χ4v) is 3.70. The number of hydrogen-bond donors (Lipinski definition) is 2. The summed E-state index contributed by atoms with van der Waals surface area (Å²) in [5.41, 5.74) is 0. The number of thioether (sulfide) groups is 1. The van der Waals surface area contributed by atoms with Crippen LogP contribution in [-0.2, 0) is 4.79 Å². The summed E-state index contributed by atoms with van der Waals surface area (Å²) in [5, 5.41) is 6.63. The predicted octanol–water partition coefficient (Wildman–Crippen LogP) is 3.58. The molecular weight excluding hydrogens is 348 g/mol. The van der Waals surface area contributed by atoms with Crippen molar-refractivity contribution in [2.24, 2.45) is 0 Å². The number of carbonyl (C=O) groups excluding carboxylic acids is 1. The van der Waals surface area contributed by atoms with E-state index in [-0.39, 0.29) is 11.9 Å². The summed E-state index contributed by atoms with van der Waals surface area (Å²) in [6, 6.07) is 8.66. The van der Waals surface area contributed by atoms with Crippen LogP contribution in [0.25, 0.3) is 0 Å². The van der Waals surface area contributed by atoms with Gasteiger partial charge in [-0.3, -0.25) is 4.79 Å². The summed E-state index contributed by atoms with van der Waals surface area (Å²) in [5.74, 6) is 0.107. The fraction of sp³-hybridized carbons (Fsp3) is 0.562. The van der Waals surface area contributed by atoms with Crippen LogP contribution in [0.1, 0.15) is 33.6 Å². The van der Waals surface area contributed by atoms with Gasteiger partial charge in [0, 0.05) is 21.5 Å². The summed E-state index contributed by atoms with van der Waals surface area (Å²) in [4.78, 5) is 13.7. The van der Waals surface area contributed by atoms with Crippen LogP contribution in [0.4, 0.5) is 0 Å². The van der Waals surface area contributed by atoms with E-state index >= 15 is 0 Å². The summed E-state index contributed by atoms with van der Waals surface area (Å²) < 4.78 is 0.571. The molecule has 0 bridgehead atoms. The third-order valence-corrected chi connectivity index (χ3v) is 5.54. The highest BCUT2D eigenvalue weighted by Gasteiger charge is 2.32. The van der Waals surface area contributed by atoms with Gasteiger partial charge in [-0.1, -0.05) is 15.9 Å². The molecule has 1 heterocycles. The van der Waals surface area contributed by atoms with Gasteiger partial charge < -0.3 is 10.6 Å². The summed E-state index contributed by atoms with van der Waals surface area (Å²) in [6.07, 6.45) is 2.18. The van der Waals surface area contributed by atoms with Crippen molar-refractivity contribution in [3.05, 3.63) is 28.7 Å². The Hall–Kier alpha value is -0.520. The molecular formula is C16H23BrN2OS. The summed E-state index contributed by atoms with van der Waals surface area (Å²) in [6.45, 7) is 7.15. The van der Waals surface area contributed by atoms with Gasteiger partial charge in [0.15, 0.2) is 0 Å². The SMILES string of the molecule is CC1NCCCC1NC(=O)C(C)(C)Sc1ccc(Br)cc1. The van der Waals surface area contributed by atoms with E-state index in [9.17, 15) is 4.79 Å². The van der Waals surface area contributed by atoms with Crippen LogP contribution in [0.5, 0.6) is 0 Å². The molecule has 0 spiro atoms. The van der Waals surface area contributed by atoms with Crippen molar-refractivity contribution in [1.82, 2.24) is 10.6 Å². The first-order chi connectivity index (χ1) is 9.88. The molecule has 1 amide bonds. The highest BCUT2D eigenvalue weighted by molar-refractivity contribution is 9.10. The lowest BCUT2D eigenvalue weighted by atomic mass is 9.99. The largest absolute Gasteiger partial charge is 0.351 e. The van der Waals surface area contributed by atoms with E-state index in [1.54, 1.807) is 11.8 Å². The lowest BCUT2D eigenvalue weighted by molar-refractivity contribution is -0.123. The summed E-state index contributed by atoms with van der Waals surface area (Å²) in [7, 11) is 0. The molecule has 2 unspecified atom stereocenters. The number of halogens is 1. The maximum Gasteiger partial charge on any atom is 0.236 e. The minimum absolute atomic E-state index is 0.107. The standard InChI is InChI=1S/C16H23BrN2OS/c1-11-14(5-4-10-18-11)19-15(20)16(2,3)21-13-8-6-12(17)7-9-13/h6-9,11,14,18H,4-5,10H2,1-3H3,(H,19,20). The van der Waals surface area contributed by atoms with Crippen molar-refractivity contribution in [3.8, 4) is 0 Å². The molecule has 116 valence electrons. The number of carbonyl (C=O) groups is 1. The van der Waals surface area contributed by atoms with Gasteiger partial charge in [0.25, 0.3) is 0 Å². The molecule has 1 aliphatic heterocycles. The zero-order valence-corrected chi connectivity index (χ0v) is 15.2. The van der Waals surface area contributed by atoms with E-state index in [2.05, 4.69) is 33.5 Å². The molecule has 1 saturated heterocycles. The Morgan fingerprint density at radius 2 is 2.05 bits per heavy atom. The number of rotatable bonds is 4. The van der Waals surface area contributed by atoms with Crippen LogP contribution in [0.3, 0.4) is 0 Å². The van der Waals surface area contributed by atoms with E-state index < -0.39 is 4.75 Å². The first-order valence-corrected chi connectivity index (χ1v) is 8.98. The van der Waals surface area contributed by atoms with Gasteiger partial charge in [-0.05, 0) is 64.4 Å². The lowest BCUT2D eigenvalue weighted by Crippen LogP contribution is -2.55. The molecule has 0 aromatic heterocycles. The van der Waals surface area contributed by atoms with Gasteiger partial charge in [-0.15, -0.1) is 11.8 Å². The fourth-order valence-electron chi connectivity index (χ4n) is 2.43. The van der Waals surface area contributed by atoms with Gasteiger partial charge in [-0.2, -0.15) is 0 Å². The zero-order chi connectivity index (χ0) is 15.5. The Morgan fingerprint density at radius 3 is 2.67 bits per heavy atom. The molecule has 21 heavy (non-hydrogen) atoms. The smallest absolute Gasteiger partial charge is 0.236 e. The normalized spacial score (nSPS) is 22.9. The van der Waals surface area contributed by atoms with Crippen LogP contribution in [0.15, 0.2) is 33.6 Å². The molecule has 1 aromatic carbocycles. The van der Waals surface area contributed by atoms with Gasteiger partial charge in [0.05, 0.1) is 4.75 Å². The minimum Gasteiger partial charge on any atom is -0.351 e. The molecule has 1 aliphatic rings. The van der Waals surface area contributed by atoms with E-state index in [1.165, 1.54) is 0 Å². The number of piperidine rings is 1. The van der Waals surface area contributed by atoms with Gasteiger partial charge in [0.1, 0.15) is 0 Å². The monoisotopic (exact) mass is 370 g/mol. The van der Waals surface area contributed by atoms with Gasteiger partial charge >= 0.3 is 0 Å². The Kier molecular flexibility index (Phi) is 5.74. The van der Waals surface area contributed by atoms with Crippen molar-refractivity contribution in [3.63, 3.8) is 0 Å². The Morgan fingerprint density at radius 1 is 1.38 bits per heavy atom. The van der Waals surface area contributed by atoms with Crippen molar-refractivity contribution >= 4 is 33.6 Å². The zero-order valence-electron chi connectivity index (χ0n) is 12.8. The summed E-state index contributed by atoms with van der Waals surface area (Å²) >= 11 is 5.03. The second-order valence-electron chi connectivity index (χ2n) is 6.03. The number of benzene rings is 1. The quantitative estimate of drug-likeness (QED) is 0.795. The Bertz CT molecular complexity index is 490. The van der Waals surface area contributed by atoms with Gasteiger partial charge in [-0.25, -0.2) is 0 Å². The lowest BCUT2D eigenvalue weighted by Gasteiger charge is -2.33.